The molecule has 0 aromatic heterocycles. The van der Waals surface area contributed by atoms with E-state index in [-0.39, 0.29) is 6.40 Å². The van der Waals surface area contributed by atoms with Crippen molar-refractivity contribution in [3.05, 3.63) is 0 Å². The zero-order chi connectivity index (χ0) is 5.11. The minimum absolute atomic E-state index is 0.286. The van der Waals surface area contributed by atoms with Crippen molar-refractivity contribution in [1.82, 2.24) is 0 Å². The topological polar surface area (TPSA) is 0 Å². The summed E-state index contributed by atoms with van der Waals surface area (Å²) >= 11 is 0. The van der Waals surface area contributed by atoms with E-state index in [0.717, 1.165) is 12.8 Å². The van der Waals surface area contributed by atoms with Gasteiger partial charge in [0.15, 0.2) is 0 Å². The Morgan fingerprint density at radius 1 is 0.833 bits per heavy atom. The van der Waals surface area contributed by atoms with Gasteiger partial charge in [-0.15, -0.1) is 0 Å². The van der Waals surface area contributed by atoms with E-state index in [2.05, 4.69) is 0 Å². The van der Waals surface area contributed by atoms with Gasteiger partial charge >= 0.3 is 0 Å². The second kappa shape index (κ2) is 2.22. The second-order valence-electron chi connectivity index (χ2n) is 1.93. The molecule has 0 aromatic carbocycles. The van der Waals surface area contributed by atoms with Crippen LogP contribution in [0, 0.1) is 0 Å². The monoisotopic (exact) mass is 86.1 g/mol. The van der Waals surface area contributed by atoms with Crippen LogP contribution in [0.2, 0.25) is 0 Å². The summed E-state index contributed by atoms with van der Waals surface area (Å²) in [5.41, 5.74) is 0. The van der Waals surface area contributed by atoms with Gasteiger partial charge in [-0.1, -0.05) is 38.5 Å². The van der Waals surface area contributed by atoms with Crippen LogP contribution in [0.25, 0.3) is 0 Å². The molecule has 0 heteroatoms. The highest BCUT2D eigenvalue weighted by Crippen LogP contribution is 2.15. The van der Waals surface area contributed by atoms with Crippen molar-refractivity contribution >= 4 is 0 Å². The molecule has 0 aromatic rings. The Morgan fingerprint density at radius 2 is 1.33 bits per heavy atom. The van der Waals surface area contributed by atoms with Gasteiger partial charge in [-0.2, -0.15) is 0 Å². The SMILES string of the molecule is [3H]C1CCCCC1. The Morgan fingerprint density at radius 3 is 1.67 bits per heavy atom. The van der Waals surface area contributed by atoms with E-state index in [4.69, 9.17) is 1.37 Å². The van der Waals surface area contributed by atoms with E-state index in [1.807, 2.05) is 0 Å². The Kier molecular flexibility index (Phi) is 1.13. The number of rotatable bonds is 0. The molecule has 0 amide bonds. The van der Waals surface area contributed by atoms with E-state index < -0.39 is 0 Å². The fraction of sp³-hybridized carbons (Fsp3) is 1.00. The molecule has 1 rings (SSSR count). The molecule has 0 spiro atoms. The van der Waals surface area contributed by atoms with Crippen molar-refractivity contribution in [2.45, 2.75) is 38.5 Å². The van der Waals surface area contributed by atoms with Gasteiger partial charge in [0, 0.05) is 1.37 Å². The van der Waals surface area contributed by atoms with Crippen LogP contribution < -0.4 is 0 Å². The third kappa shape index (κ3) is 1.00. The van der Waals surface area contributed by atoms with Crippen LogP contribution in [0.4, 0.5) is 0 Å². The highest BCUT2D eigenvalue weighted by molar-refractivity contribution is 4.51. The van der Waals surface area contributed by atoms with E-state index >= 15 is 0 Å². The van der Waals surface area contributed by atoms with Gasteiger partial charge in [0.05, 0.1) is 0 Å². The summed E-state index contributed by atoms with van der Waals surface area (Å²) in [5.74, 6) is 0. The third-order valence-corrected chi connectivity index (χ3v) is 1.32. The maximum atomic E-state index is 7.27. The van der Waals surface area contributed by atoms with Crippen molar-refractivity contribution < 1.29 is 1.37 Å². The molecule has 0 N–H and O–H groups in total. The predicted molar refractivity (Wildman–Crippen MR) is 27.7 cm³/mol. The zero-order valence-corrected chi connectivity index (χ0v) is 4.11. The molecule has 36 valence electrons. The largest absolute Gasteiger partial charge is 0.0533 e. The maximum Gasteiger partial charge on any atom is 0.0267 e. The highest BCUT2D eigenvalue weighted by atomic mass is 14.0. The van der Waals surface area contributed by atoms with Crippen LogP contribution in [0.5, 0.6) is 0 Å². The van der Waals surface area contributed by atoms with Gasteiger partial charge in [0.25, 0.3) is 0 Å². The van der Waals surface area contributed by atoms with Gasteiger partial charge in [0.2, 0.25) is 0 Å². The van der Waals surface area contributed by atoms with Crippen molar-refractivity contribution in [2.24, 2.45) is 0 Å². The molecule has 0 heterocycles. The second-order valence-corrected chi connectivity index (χ2v) is 1.93. The average Bonchev–Trinajstić information content (AvgIpc) is 1.69. The molecule has 0 unspecified atom stereocenters. The fourth-order valence-electron chi connectivity index (χ4n) is 0.898. The van der Waals surface area contributed by atoms with Crippen molar-refractivity contribution in [3.63, 3.8) is 0 Å². The van der Waals surface area contributed by atoms with Crippen LogP contribution >= 0.6 is 0 Å². The van der Waals surface area contributed by atoms with Gasteiger partial charge in [-0.3, -0.25) is 0 Å². The van der Waals surface area contributed by atoms with Crippen molar-refractivity contribution in [1.29, 1.82) is 0 Å². The molecule has 1 aliphatic rings. The van der Waals surface area contributed by atoms with Crippen LogP contribution in [-0.4, -0.2) is 0 Å². The smallest absolute Gasteiger partial charge is 0.0267 e. The van der Waals surface area contributed by atoms with Crippen molar-refractivity contribution in [2.75, 3.05) is 0 Å². The predicted octanol–water partition coefficient (Wildman–Crippen LogP) is 2.34. The van der Waals surface area contributed by atoms with Gasteiger partial charge in [-0.25, -0.2) is 0 Å². The molecular weight excluding hydrogens is 72.1 g/mol. The van der Waals surface area contributed by atoms with Gasteiger partial charge < -0.3 is 0 Å². The molecular formula is C6H12. The fourth-order valence-corrected chi connectivity index (χ4v) is 0.898. The molecule has 1 aliphatic carbocycles. The Hall–Kier alpha value is 0. The lowest BCUT2D eigenvalue weighted by atomic mass is 10.0. The molecule has 1 fully saturated rings. The molecule has 0 saturated heterocycles. The van der Waals surface area contributed by atoms with E-state index in [1.165, 1.54) is 19.3 Å². The zero-order valence-electron chi connectivity index (χ0n) is 5.11. The average molecular weight is 86.2 g/mol. The summed E-state index contributed by atoms with van der Waals surface area (Å²) < 4.78 is 7.27. The molecule has 0 radical (unpaired) electrons. The lowest BCUT2D eigenvalue weighted by Gasteiger charge is -2.05. The minimum Gasteiger partial charge on any atom is -0.0533 e. The molecule has 0 aliphatic heterocycles. The normalized spacial score (nSPS) is 29.7. The number of hydrogen-bond donors (Lipinski definition) is 0. The summed E-state index contributed by atoms with van der Waals surface area (Å²) in [6, 6.07) is 0. The summed E-state index contributed by atoms with van der Waals surface area (Å²) in [5, 5.41) is 0. The summed E-state index contributed by atoms with van der Waals surface area (Å²) in [4.78, 5) is 0. The first-order valence-electron chi connectivity index (χ1n) is 3.39. The van der Waals surface area contributed by atoms with Gasteiger partial charge in [-0.05, 0) is 0 Å². The summed E-state index contributed by atoms with van der Waals surface area (Å²) in [6.45, 7) is 0. The van der Waals surface area contributed by atoms with Crippen molar-refractivity contribution in [3.8, 4) is 0 Å². The standard InChI is InChI=1S/C6H12/c1-2-4-6-5-3-1/h1-6H2/i1T. The Bertz CT molecular complexity index is 46.1. The quantitative estimate of drug-likeness (QED) is 0.424. The molecule has 0 bridgehead atoms. The van der Waals surface area contributed by atoms with E-state index in [1.54, 1.807) is 0 Å². The molecule has 0 atom stereocenters. The van der Waals surface area contributed by atoms with Crippen LogP contribution in [0.1, 0.15) is 39.9 Å². The van der Waals surface area contributed by atoms with Crippen LogP contribution in [0.15, 0.2) is 0 Å². The maximum absolute atomic E-state index is 7.27. The number of hydrogen-bond acceptors (Lipinski definition) is 0. The first-order valence-corrected chi connectivity index (χ1v) is 2.82. The molecule has 0 nitrogen and oxygen atoms in total. The lowest BCUT2D eigenvalue weighted by molar-refractivity contribution is 0.504. The molecule has 1 saturated carbocycles. The Balaban J connectivity index is 2.12. The summed E-state index contributed by atoms with van der Waals surface area (Å²) in [6.07, 6.45) is 6.56. The highest BCUT2D eigenvalue weighted by Gasteiger charge is 1.95. The molecule has 6 heavy (non-hydrogen) atoms. The summed E-state index contributed by atoms with van der Waals surface area (Å²) in [7, 11) is 0. The van der Waals surface area contributed by atoms with Crippen LogP contribution in [-0.2, 0) is 0 Å². The third-order valence-electron chi connectivity index (χ3n) is 1.32. The van der Waals surface area contributed by atoms with Gasteiger partial charge in [0.1, 0.15) is 0 Å². The first kappa shape index (κ1) is 3.06. The van der Waals surface area contributed by atoms with E-state index in [0.29, 0.717) is 0 Å². The lowest BCUT2D eigenvalue weighted by Crippen LogP contribution is -1.85. The Labute approximate surface area is 41.0 Å². The van der Waals surface area contributed by atoms with E-state index in [9.17, 15) is 0 Å². The van der Waals surface area contributed by atoms with Crippen LogP contribution in [0.3, 0.4) is 0 Å². The first-order chi connectivity index (χ1) is 3.39. The minimum atomic E-state index is 0.286.